The van der Waals surface area contributed by atoms with Crippen molar-refractivity contribution < 1.29 is 14.6 Å². The van der Waals surface area contributed by atoms with Crippen LogP contribution in [0.25, 0.3) is 16.3 Å². The summed E-state index contributed by atoms with van der Waals surface area (Å²) in [6.07, 6.45) is 11.9. The first-order valence-electron chi connectivity index (χ1n) is 13.5. The number of aliphatic hydroxyl groups excluding tert-OH is 1. The number of alkyl halides is 1. The van der Waals surface area contributed by atoms with Crippen molar-refractivity contribution >= 4 is 16.3 Å². The summed E-state index contributed by atoms with van der Waals surface area (Å²) in [7, 11) is 3.75. The van der Waals surface area contributed by atoms with Gasteiger partial charge in [0.15, 0.2) is 0 Å². The molecule has 6 unspecified atom stereocenters. The lowest BCUT2D eigenvalue weighted by Crippen LogP contribution is -2.62. The van der Waals surface area contributed by atoms with Crippen LogP contribution in [0.2, 0.25) is 0 Å². The highest BCUT2D eigenvalue weighted by atomic mass is 19.1. The van der Waals surface area contributed by atoms with E-state index in [-0.39, 0.29) is 23.4 Å². The molecule has 0 radical (unpaired) electrons. The van der Waals surface area contributed by atoms with Crippen LogP contribution >= 0.6 is 0 Å². The Labute approximate surface area is 209 Å². The largest absolute Gasteiger partial charge is 0.393 e. The van der Waals surface area contributed by atoms with Gasteiger partial charge in [0, 0.05) is 23.7 Å². The van der Waals surface area contributed by atoms with Crippen molar-refractivity contribution in [2.45, 2.75) is 82.1 Å². The highest BCUT2D eigenvalue weighted by Gasteiger charge is 2.66. The molecule has 3 N–H and O–H groups in total. The molecule has 3 saturated carbocycles. The van der Waals surface area contributed by atoms with E-state index in [9.17, 15) is 10.2 Å². The number of allylic oxidation sites excluding steroid dienone is 2. The second-order valence-electron chi connectivity index (χ2n) is 11.8. The highest BCUT2D eigenvalue weighted by molar-refractivity contribution is 5.95. The first-order valence-corrected chi connectivity index (χ1v) is 13.5. The summed E-state index contributed by atoms with van der Waals surface area (Å²) in [5.41, 5.74) is -0.620. The second-order valence-corrected chi connectivity index (χ2v) is 11.8. The van der Waals surface area contributed by atoms with E-state index >= 15 is 4.39 Å². The van der Waals surface area contributed by atoms with Crippen LogP contribution < -0.4 is 5.32 Å². The quantitative estimate of drug-likeness (QED) is 0.492. The third-order valence-corrected chi connectivity index (χ3v) is 9.90. The second kappa shape index (κ2) is 9.24. The van der Waals surface area contributed by atoms with Gasteiger partial charge in [-0.15, -0.1) is 0 Å². The Kier molecular flexibility index (Phi) is 6.56. The molecule has 0 aliphatic heterocycles. The van der Waals surface area contributed by atoms with E-state index in [1.165, 1.54) is 16.5 Å². The Morgan fingerprint density at radius 1 is 1.06 bits per heavy atom. The van der Waals surface area contributed by atoms with Crippen molar-refractivity contribution in [1.29, 1.82) is 0 Å². The Hall–Kier alpha value is -1.82. The van der Waals surface area contributed by atoms with E-state index < -0.39 is 11.3 Å². The fourth-order valence-corrected chi connectivity index (χ4v) is 8.14. The van der Waals surface area contributed by atoms with Gasteiger partial charge in [0.2, 0.25) is 0 Å². The molecular weight excluding hydrogens is 439 g/mol. The molecule has 5 heteroatoms. The van der Waals surface area contributed by atoms with Crippen LogP contribution in [-0.4, -0.2) is 46.7 Å². The molecule has 6 rings (SSSR count). The van der Waals surface area contributed by atoms with Crippen molar-refractivity contribution in [1.82, 2.24) is 10.3 Å². The van der Waals surface area contributed by atoms with Gasteiger partial charge >= 0.3 is 0 Å². The topological polar surface area (TPSA) is 65.4 Å². The third kappa shape index (κ3) is 3.95. The van der Waals surface area contributed by atoms with Gasteiger partial charge in [-0.1, -0.05) is 31.2 Å². The maximum atomic E-state index is 16.8. The van der Waals surface area contributed by atoms with Gasteiger partial charge in [-0.25, -0.2) is 4.39 Å². The number of aliphatic hydroxyl groups is 2. The predicted octanol–water partition coefficient (Wildman–Crippen LogP) is 5.67. The standard InChI is InChI=1S/C28H34FNO2.C2H7N/c1-26-12-13-27(29)16-20-15-21(31)6-5-18(20)9-11-28(27,32)25(26)8-7-24(26)23-4-2-3-19-17-30-14-10-22(19)23;1-3-2/h2-4,7,10,14,17-18,20-21,25,31-32H,5-6,8-9,11-13,15-16H2,1H3;3H,1-2H3/t18?,20?,21?,25?,26?,27?,28-;/m0./s1. The number of nitrogens with zero attached hydrogens (tertiary/aromatic N) is 1. The van der Waals surface area contributed by atoms with Crippen LogP contribution in [0.15, 0.2) is 42.7 Å². The summed E-state index contributed by atoms with van der Waals surface area (Å²) in [4.78, 5) is 4.28. The molecule has 1 aromatic carbocycles. The predicted molar refractivity (Wildman–Crippen MR) is 140 cm³/mol. The number of fused-ring (bicyclic) bond motifs is 5. The summed E-state index contributed by atoms with van der Waals surface area (Å²) in [5, 5.41) is 27.4. The molecule has 4 aliphatic rings. The minimum atomic E-state index is -1.56. The molecule has 4 aliphatic carbocycles. The molecule has 4 nitrogen and oxygen atoms in total. The average molecular weight is 481 g/mol. The summed E-state index contributed by atoms with van der Waals surface area (Å²) >= 11 is 0. The zero-order valence-electron chi connectivity index (χ0n) is 21.4. The minimum absolute atomic E-state index is 0.106. The van der Waals surface area contributed by atoms with Crippen molar-refractivity contribution in [2.75, 3.05) is 14.1 Å². The maximum absolute atomic E-state index is 16.8. The maximum Gasteiger partial charge on any atom is 0.140 e. The summed E-state index contributed by atoms with van der Waals surface area (Å²) < 4.78 is 16.8. The molecule has 3 fully saturated rings. The minimum Gasteiger partial charge on any atom is -0.393 e. The monoisotopic (exact) mass is 480 g/mol. The number of hydrogen-bond acceptors (Lipinski definition) is 4. The first kappa shape index (κ1) is 24.9. The first-order chi connectivity index (χ1) is 16.8. The van der Waals surface area contributed by atoms with E-state index in [1.807, 2.05) is 26.5 Å². The number of halogens is 1. The lowest BCUT2D eigenvalue weighted by atomic mass is 9.53. The van der Waals surface area contributed by atoms with Crippen LogP contribution in [0, 0.1) is 23.2 Å². The third-order valence-electron chi connectivity index (χ3n) is 9.90. The number of aromatic nitrogens is 1. The van der Waals surface area contributed by atoms with Crippen molar-refractivity contribution in [2.24, 2.45) is 23.2 Å². The van der Waals surface area contributed by atoms with E-state index in [4.69, 9.17) is 0 Å². The van der Waals surface area contributed by atoms with Gasteiger partial charge in [-0.05, 0) is 112 Å². The van der Waals surface area contributed by atoms with Crippen LogP contribution in [0.4, 0.5) is 4.39 Å². The molecule has 1 heterocycles. The lowest BCUT2D eigenvalue weighted by molar-refractivity contribution is -0.195. The van der Waals surface area contributed by atoms with Crippen molar-refractivity contribution in [3.8, 4) is 0 Å². The van der Waals surface area contributed by atoms with Crippen LogP contribution in [-0.2, 0) is 0 Å². The van der Waals surface area contributed by atoms with Gasteiger partial charge in [0.05, 0.1) is 6.10 Å². The number of benzene rings is 1. The number of rotatable bonds is 1. The van der Waals surface area contributed by atoms with Crippen molar-refractivity contribution in [3.05, 3.63) is 48.3 Å². The number of hydrogen-bond donors (Lipinski definition) is 3. The van der Waals surface area contributed by atoms with Gasteiger partial charge < -0.3 is 15.5 Å². The van der Waals surface area contributed by atoms with Gasteiger partial charge in [-0.2, -0.15) is 0 Å². The molecule has 1 aromatic heterocycles. The fourth-order valence-electron chi connectivity index (χ4n) is 8.14. The van der Waals surface area contributed by atoms with Gasteiger partial charge in [-0.3, -0.25) is 4.98 Å². The fraction of sp³-hybridized carbons (Fsp3) is 0.633. The van der Waals surface area contributed by atoms with E-state index in [2.05, 4.69) is 47.6 Å². The molecule has 0 bridgehead atoms. The smallest absolute Gasteiger partial charge is 0.140 e. The van der Waals surface area contributed by atoms with E-state index in [0.29, 0.717) is 31.6 Å². The Balaban J connectivity index is 0.000000806. The Morgan fingerprint density at radius 3 is 2.66 bits per heavy atom. The summed E-state index contributed by atoms with van der Waals surface area (Å²) in [6, 6.07) is 8.41. The Bertz CT molecular complexity index is 1100. The zero-order valence-corrected chi connectivity index (χ0v) is 21.4. The molecule has 0 amide bonds. The van der Waals surface area contributed by atoms with E-state index in [0.717, 1.165) is 37.5 Å². The lowest BCUT2D eigenvalue weighted by Gasteiger charge is -2.56. The number of pyridine rings is 1. The van der Waals surface area contributed by atoms with Crippen LogP contribution in [0.3, 0.4) is 0 Å². The normalized spacial score (nSPS) is 40.5. The average Bonchev–Trinajstić information content (AvgIpc) is 3.14. The van der Waals surface area contributed by atoms with Gasteiger partial charge in [0.25, 0.3) is 0 Å². The van der Waals surface area contributed by atoms with Crippen LogP contribution in [0.5, 0.6) is 0 Å². The SMILES string of the molecule is CC12CCC3(F)CC4CC(O)CCC4CC[C@]3(O)C1CC=C2c1cccc2cnccc12.CNC. The molecular formula is C30H41FN2O2. The van der Waals surface area contributed by atoms with Gasteiger partial charge in [0.1, 0.15) is 11.3 Å². The summed E-state index contributed by atoms with van der Waals surface area (Å²) in [5.74, 6) is 0.527. The number of nitrogens with one attached hydrogen (secondary N) is 1. The molecule has 7 atom stereocenters. The van der Waals surface area contributed by atoms with Crippen molar-refractivity contribution in [3.63, 3.8) is 0 Å². The van der Waals surface area contributed by atoms with E-state index in [1.54, 1.807) is 0 Å². The van der Waals surface area contributed by atoms with Crippen LogP contribution in [0.1, 0.15) is 70.3 Å². The zero-order chi connectivity index (χ0) is 24.8. The molecule has 2 aromatic rings. The Morgan fingerprint density at radius 2 is 1.86 bits per heavy atom. The molecule has 0 spiro atoms. The molecule has 0 saturated heterocycles. The summed E-state index contributed by atoms with van der Waals surface area (Å²) in [6.45, 7) is 2.26. The molecule has 35 heavy (non-hydrogen) atoms. The highest BCUT2D eigenvalue weighted by Crippen LogP contribution is 2.66. The molecule has 190 valence electrons.